The number of aryl methyl sites for hydroxylation is 1. The van der Waals surface area contributed by atoms with Gasteiger partial charge in [-0.1, -0.05) is 39.8 Å². The molecule has 0 saturated heterocycles. The van der Waals surface area contributed by atoms with Crippen molar-refractivity contribution in [1.82, 2.24) is 9.55 Å². The molecule has 0 aliphatic rings. The van der Waals surface area contributed by atoms with Crippen molar-refractivity contribution in [2.75, 3.05) is 0 Å². The van der Waals surface area contributed by atoms with E-state index in [1.165, 1.54) is 5.56 Å². The fourth-order valence-electron chi connectivity index (χ4n) is 2.03. The van der Waals surface area contributed by atoms with Crippen LogP contribution in [0.3, 0.4) is 0 Å². The van der Waals surface area contributed by atoms with Gasteiger partial charge in [0.2, 0.25) is 0 Å². The highest BCUT2D eigenvalue weighted by molar-refractivity contribution is 5.96. The van der Waals surface area contributed by atoms with Gasteiger partial charge in [0, 0.05) is 24.4 Å². The number of carbonyl (C=O) groups excluding carboxylic acids is 1. The highest BCUT2D eigenvalue weighted by Crippen LogP contribution is 2.22. The molecule has 1 aromatic carbocycles. The maximum Gasteiger partial charge on any atom is 0.263 e. The molecule has 0 bridgehead atoms. The summed E-state index contributed by atoms with van der Waals surface area (Å²) in [5, 5.41) is 0. The van der Waals surface area contributed by atoms with Crippen LogP contribution in [0.2, 0.25) is 0 Å². The summed E-state index contributed by atoms with van der Waals surface area (Å²) in [6.07, 6.45) is 4.14. The average molecular weight is 256 g/mol. The molecule has 0 aliphatic carbocycles. The van der Waals surface area contributed by atoms with E-state index >= 15 is 0 Å². The molecule has 0 atom stereocenters. The molecule has 100 valence electrons. The van der Waals surface area contributed by atoms with Crippen LogP contribution in [0.1, 0.15) is 49.4 Å². The number of nitrogens with zero attached hydrogens (tertiary/aromatic N) is 2. The van der Waals surface area contributed by atoms with Gasteiger partial charge in [0.1, 0.15) is 5.82 Å². The first-order chi connectivity index (χ1) is 8.93. The second-order valence-corrected chi connectivity index (χ2v) is 5.70. The Morgan fingerprint density at radius 2 is 1.84 bits per heavy atom. The quantitative estimate of drug-likeness (QED) is 0.825. The second kappa shape index (κ2) is 5.00. The van der Waals surface area contributed by atoms with Crippen molar-refractivity contribution in [2.45, 2.75) is 39.5 Å². The molecule has 0 saturated carbocycles. The summed E-state index contributed by atoms with van der Waals surface area (Å²) in [5.41, 5.74) is 2.02. The summed E-state index contributed by atoms with van der Waals surface area (Å²) in [4.78, 5) is 16.6. The summed E-state index contributed by atoms with van der Waals surface area (Å²) < 4.78 is 1.62. The molecule has 0 amide bonds. The maximum atomic E-state index is 12.4. The normalized spacial score (nSPS) is 11.6. The van der Waals surface area contributed by atoms with Crippen LogP contribution in [-0.4, -0.2) is 15.5 Å². The van der Waals surface area contributed by atoms with Crippen molar-refractivity contribution in [3.63, 3.8) is 0 Å². The molecule has 19 heavy (non-hydrogen) atoms. The molecule has 1 aromatic heterocycles. The third-order valence-electron chi connectivity index (χ3n) is 3.25. The second-order valence-electron chi connectivity index (χ2n) is 5.70. The molecule has 1 heterocycles. The number of carbonyl (C=O) groups is 1. The van der Waals surface area contributed by atoms with Crippen LogP contribution in [0.15, 0.2) is 36.7 Å². The number of imidazole rings is 1. The zero-order valence-corrected chi connectivity index (χ0v) is 12.0. The molecular formula is C16H20N2O. The lowest BCUT2D eigenvalue weighted by atomic mass is 9.87. The van der Waals surface area contributed by atoms with Gasteiger partial charge in [-0.3, -0.25) is 9.36 Å². The van der Waals surface area contributed by atoms with E-state index in [-0.39, 0.29) is 11.3 Å². The predicted molar refractivity (Wildman–Crippen MR) is 76.5 cm³/mol. The van der Waals surface area contributed by atoms with Crippen LogP contribution < -0.4 is 0 Å². The van der Waals surface area contributed by atoms with Gasteiger partial charge in [-0.25, -0.2) is 4.98 Å². The Bertz CT molecular complexity index is 574. The van der Waals surface area contributed by atoms with Gasteiger partial charge >= 0.3 is 0 Å². The van der Waals surface area contributed by atoms with Crippen molar-refractivity contribution < 1.29 is 4.79 Å². The minimum absolute atomic E-state index is 0.0187. The minimum Gasteiger partial charge on any atom is -0.270 e. The van der Waals surface area contributed by atoms with Crippen LogP contribution >= 0.6 is 0 Å². The van der Waals surface area contributed by atoms with Gasteiger partial charge < -0.3 is 0 Å². The first-order valence-corrected chi connectivity index (χ1v) is 6.61. The first kappa shape index (κ1) is 13.5. The molecule has 0 fully saturated rings. The molecule has 0 unspecified atom stereocenters. The Morgan fingerprint density at radius 3 is 2.37 bits per heavy atom. The zero-order chi connectivity index (χ0) is 14.0. The summed E-state index contributed by atoms with van der Waals surface area (Å²) in [6, 6.07) is 7.83. The lowest BCUT2D eigenvalue weighted by Crippen LogP contribution is -2.15. The monoisotopic (exact) mass is 256 g/mol. The van der Waals surface area contributed by atoms with Gasteiger partial charge in [0.05, 0.1) is 0 Å². The van der Waals surface area contributed by atoms with E-state index in [0.29, 0.717) is 5.56 Å². The Morgan fingerprint density at radius 1 is 1.21 bits per heavy atom. The van der Waals surface area contributed by atoms with Crippen molar-refractivity contribution in [3.8, 4) is 0 Å². The van der Waals surface area contributed by atoms with E-state index in [9.17, 15) is 4.79 Å². The van der Waals surface area contributed by atoms with Crippen LogP contribution in [0.4, 0.5) is 0 Å². The number of aromatic nitrogens is 2. The van der Waals surface area contributed by atoms with Crippen molar-refractivity contribution in [2.24, 2.45) is 0 Å². The van der Waals surface area contributed by atoms with Gasteiger partial charge in [-0.05, 0) is 23.1 Å². The molecule has 3 heteroatoms. The number of hydrogen-bond donors (Lipinski definition) is 0. The van der Waals surface area contributed by atoms with Crippen molar-refractivity contribution in [3.05, 3.63) is 53.6 Å². The smallest absolute Gasteiger partial charge is 0.263 e. The van der Waals surface area contributed by atoms with Crippen LogP contribution in [0, 0.1) is 0 Å². The molecule has 2 aromatic rings. The predicted octanol–water partition coefficient (Wildman–Crippen LogP) is 3.43. The van der Waals surface area contributed by atoms with E-state index in [1.807, 2.05) is 31.2 Å². The number of benzene rings is 1. The van der Waals surface area contributed by atoms with Gasteiger partial charge in [-0.2, -0.15) is 0 Å². The van der Waals surface area contributed by atoms with Crippen molar-refractivity contribution in [1.29, 1.82) is 0 Å². The SMILES string of the molecule is CCc1nccn1C(=O)c1ccc(C(C)(C)C)cc1. The molecule has 2 rings (SSSR count). The first-order valence-electron chi connectivity index (χ1n) is 6.61. The lowest BCUT2D eigenvalue weighted by Gasteiger charge is -2.19. The topological polar surface area (TPSA) is 34.9 Å². The lowest BCUT2D eigenvalue weighted by molar-refractivity contribution is 0.0956. The average Bonchev–Trinajstić information content (AvgIpc) is 2.85. The number of rotatable bonds is 2. The third-order valence-corrected chi connectivity index (χ3v) is 3.25. The Kier molecular flexibility index (Phi) is 3.56. The Hall–Kier alpha value is -1.90. The highest BCUT2D eigenvalue weighted by Gasteiger charge is 2.15. The van der Waals surface area contributed by atoms with E-state index < -0.39 is 0 Å². The van der Waals surface area contributed by atoms with Gasteiger partial charge in [0.25, 0.3) is 5.91 Å². The molecule has 3 nitrogen and oxygen atoms in total. The third kappa shape index (κ3) is 2.75. The Labute approximate surface area is 114 Å². The molecule has 0 aliphatic heterocycles. The number of hydrogen-bond acceptors (Lipinski definition) is 2. The highest BCUT2D eigenvalue weighted by atomic mass is 16.2. The van der Waals surface area contributed by atoms with E-state index in [4.69, 9.17) is 0 Å². The van der Waals surface area contributed by atoms with Crippen molar-refractivity contribution >= 4 is 5.91 Å². The van der Waals surface area contributed by atoms with Crippen LogP contribution in [-0.2, 0) is 11.8 Å². The maximum absolute atomic E-state index is 12.4. The summed E-state index contributed by atoms with van der Waals surface area (Å²) in [5.74, 6) is 0.778. The van der Waals surface area contributed by atoms with E-state index in [0.717, 1.165) is 12.2 Å². The minimum atomic E-state index is -0.0187. The van der Waals surface area contributed by atoms with E-state index in [2.05, 4.69) is 25.8 Å². The standard InChI is InChI=1S/C16H20N2O/c1-5-14-17-10-11-18(14)15(19)12-6-8-13(9-7-12)16(2,3)4/h6-11H,5H2,1-4H3. The molecule has 0 N–H and O–H groups in total. The fourth-order valence-corrected chi connectivity index (χ4v) is 2.03. The van der Waals surface area contributed by atoms with Gasteiger partial charge in [0.15, 0.2) is 0 Å². The summed E-state index contributed by atoms with van der Waals surface area (Å²) in [6.45, 7) is 8.48. The Balaban J connectivity index is 2.30. The molecular weight excluding hydrogens is 236 g/mol. The zero-order valence-electron chi connectivity index (χ0n) is 12.0. The van der Waals surface area contributed by atoms with Crippen LogP contribution in [0.25, 0.3) is 0 Å². The largest absolute Gasteiger partial charge is 0.270 e. The summed E-state index contributed by atoms with van der Waals surface area (Å²) in [7, 11) is 0. The van der Waals surface area contributed by atoms with Gasteiger partial charge in [-0.15, -0.1) is 0 Å². The molecule has 0 radical (unpaired) electrons. The van der Waals surface area contributed by atoms with Crippen LogP contribution in [0.5, 0.6) is 0 Å². The fraction of sp³-hybridized carbons (Fsp3) is 0.375. The molecule has 0 spiro atoms. The summed E-state index contributed by atoms with van der Waals surface area (Å²) >= 11 is 0. The van der Waals surface area contributed by atoms with E-state index in [1.54, 1.807) is 17.0 Å².